The molecule has 0 spiro atoms. The van der Waals surface area contributed by atoms with Gasteiger partial charge in [-0.15, -0.1) is 0 Å². The topological polar surface area (TPSA) is 58.9 Å². The van der Waals surface area contributed by atoms with E-state index in [-0.39, 0.29) is 16.8 Å². The minimum absolute atomic E-state index is 0.129. The van der Waals surface area contributed by atoms with Gasteiger partial charge in [0.25, 0.3) is 0 Å². The molecular weight excluding hydrogens is 250 g/mol. The number of hydrogen-bond donors (Lipinski definition) is 2. The van der Waals surface area contributed by atoms with Gasteiger partial charge in [0.2, 0.25) is 5.56 Å². The Kier molecular flexibility index (Phi) is 3.24. The van der Waals surface area contributed by atoms with E-state index in [1.54, 1.807) is 19.9 Å². The van der Waals surface area contributed by atoms with E-state index in [1.165, 1.54) is 12.1 Å². The van der Waals surface area contributed by atoms with Crippen molar-refractivity contribution in [3.05, 3.63) is 57.9 Å². The Hall–Kier alpha value is -2.01. The van der Waals surface area contributed by atoms with Gasteiger partial charge in [0.1, 0.15) is 11.6 Å². The van der Waals surface area contributed by atoms with Gasteiger partial charge in [0, 0.05) is 23.2 Å². The largest absolute Gasteiger partial charge is 0.322 e. The summed E-state index contributed by atoms with van der Waals surface area (Å²) < 4.78 is 26.6. The first-order valence-electron chi connectivity index (χ1n) is 5.76. The van der Waals surface area contributed by atoms with E-state index >= 15 is 0 Å². The fourth-order valence-corrected chi connectivity index (χ4v) is 1.77. The van der Waals surface area contributed by atoms with E-state index in [0.717, 1.165) is 12.1 Å². The molecule has 0 saturated heterocycles. The summed E-state index contributed by atoms with van der Waals surface area (Å²) in [6.07, 6.45) is 0. The zero-order chi connectivity index (χ0) is 14.2. The van der Waals surface area contributed by atoms with Crippen molar-refractivity contribution >= 4 is 0 Å². The summed E-state index contributed by atoms with van der Waals surface area (Å²) in [6, 6.07) is 6.15. The third-order valence-corrected chi connectivity index (χ3v) is 2.81. The summed E-state index contributed by atoms with van der Waals surface area (Å²) in [5.41, 5.74) is 5.81. The van der Waals surface area contributed by atoms with Gasteiger partial charge in [-0.1, -0.05) is 0 Å². The monoisotopic (exact) mass is 264 g/mol. The maximum atomic E-state index is 13.7. The predicted molar refractivity (Wildman–Crippen MR) is 69.6 cm³/mol. The second-order valence-electron chi connectivity index (χ2n) is 4.99. The van der Waals surface area contributed by atoms with Gasteiger partial charge in [-0.2, -0.15) is 0 Å². The van der Waals surface area contributed by atoms with E-state index in [2.05, 4.69) is 4.98 Å². The van der Waals surface area contributed by atoms with Crippen LogP contribution < -0.4 is 11.3 Å². The fraction of sp³-hybridized carbons (Fsp3) is 0.214. The van der Waals surface area contributed by atoms with Crippen LogP contribution >= 0.6 is 0 Å². The molecule has 0 radical (unpaired) electrons. The number of halogens is 2. The number of nitrogens with two attached hydrogens (primary N) is 1. The molecule has 0 fully saturated rings. The summed E-state index contributed by atoms with van der Waals surface area (Å²) in [4.78, 5) is 14.1. The number of aromatic nitrogens is 1. The van der Waals surface area contributed by atoms with Gasteiger partial charge < -0.3 is 10.7 Å². The zero-order valence-electron chi connectivity index (χ0n) is 10.6. The number of benzene rings is 1. The van der Waals surface area contributed by atoms with Crippen molar-refractivity contribution in [3.63, 3.8) is 0 Å². The van der Waals surface area contributed by atoms with Crippen molar-refractivity contribution in [3.8, 4) is 11.3 Å². The second-order valence-corrected chi connectivity index (χ2v) is 4.99. The van der Waals surface area contributed by atoms with Crippen LogP contribution in [0.3, 0.4) is 0 Å². The zero-order valence-corrected chi connectivity index (χ0v) is 10.6. The van der Waals surface area contributed by atoms with Gasteiger partial charge >= 0.3 is 0 Å². The summed E-state index contributed by atoms with van der Waals surface area (Å²) in [5.74, 6) is -1.40. The molecule has 100 valence electrons. The molecule has 3 nitrogen and oxygen atoms in total. The minimum atomic E-state index is -0.734. The van der Waals surface area contributed by atoms with E-state index in [0.29, 0.717) is 5.56 Å². The van der Waals surface area contributed by atoms with Crippen LogP contribution in [0.15, 0.2) is 35.1 Å². The van der Waals surface area contributed by atoms with Crippen molar-refractivity contribution in [1.29, 1.82) is 0 Å². The first kappa shape index (κ1) is 13.4. The Bertz CT molecular complexity index is 672. The second kappa shape index (κ2) is 4.59. The van der Waals surface area contributed by atoms with E-state index in [1.807, 2.05) is 0 Å². The fourth-order valence-electron chi connectivity index (χ4n) is 1.77. The van der Waals surface area contributed by atoms with Gasteiger partial charge in [-0.05, 0) is 37.6 Å². The summed E-state index contributed by atoms with van der Waals surface area (Å²) in [6.45, 7) is 3.49. The van der Waals surface area contributed by atoms with Crippen molar-refractivity contribution in [2.75, 3.05) is 0 Å². The molecule has 2 rings (SSSR count). The average molecular weight is 264 g/mol. The number of rotatable bonds is 2. The molecule has 5 heteroatoms. The predicted octanol–water partition coefficient (Wildman–Crippen LogP) is 2.51. The normalized spacial score (nSPS) is 11.6. The number of H-pyrrole nitrogens is 1. The molecule has 0 atom stereocenters. The van der Waals surface area contributed by atoms with Crippen molar-refractivity contribution in [2.24, 2.45) is 5.73 Å². The van der Waals surface area contributed by atoms with Crippen LogP contribution in [0.1, 0.15) is 19.4 Å². The number of aromatic amines is 1. The highest BCUT2D eigenvalue weighted by atomic mass is 19.1. The van der Waals surface area contributed by atoms with Crippen molar-refractivity contribution < 1.29 is 8.78 Å². The lowest BCUT2D eigenvalue weighted by Gasteiger charge is -2.19. The van der Waals surface area contributed by atoms with Crippen LogP contribution in [-0.4, -0.2) is 4.98 Å². The quantitative estimate of drug-likeness (QED) is 0.875. The number of nitrogens with one attached hydrogen (secondary N) is 1. The van der Waals surface area contributed by atoms with E-state index in [4.69, 9.17) is 5.73 Å². The van der Waals surface area contributed by atoms with E-state index < -0.39 is 17.2 Å². The molecule has 0 aliphatic heterocycles. The lowest BCUT2D eigenvalue weighted by molar-refractivity contribution is 0.552. The highest BCUT2D eigenvalue weighted by Crippen LogP contribution is 2.24. The average Bonchev–Trinajstić information content (AvgIpc) is 2.26. The third kappa shape index (κ3) is 2.88. The molecule has 1 aromatic heterocycles. The van der Waals surface area contributed by atoms with Gasteiger partial charge in [0.15, 0.2) is 0 Å². The summed E-state index contributed by atoms with van der Waals surface area (Å²) >= 11 is 0. The summed E-state index contributed by atoms with van der Waals surface area (Å²) in [7, 11) is 0. The minimum Gasteiger partial charge on any atom is -0.322 e. The molecule has 0 bridgehead atoms. The lowest BCUT2D eigenvalue weighted by atomic mass is 9.95. The first-order valence-corrected chi connectivity index (χ1v) is 5.76. The highest BCUT2D eigenvalue weighted by Gasteiger charge is 2.17. The van der Waals surface area contributed by atoms with E-state index in [9.17, 15) is 13.6 Å². The molecule has 2 aromatic rings. The van der Waals surface area contributed by atoms with Crippen LogP contribution in [-0.2, 0) is 5.54 Å². The Morgan fingerprint density at radius 2 is 1.84 bits per heavy atom. The number of hydrogen-bond acceptors (Lipinski definition) is 2. The molecule has 1 heterocycles. The third-order valence-electron chi connectivity index (χ3n) is 2.81. The molecular formula is C14H14F2N2O. The van der Waals surface area contributed by atoms with Crippen molar-refractivity contribution in [2.45, 2.75) is 19.4 Å². The van der Waals surface area contributed by atoms with Crippen molar-refractivity contribution in [1.82, 2.24) is 4.98 Å². The Morgan fingerprint density at radius 1 is 1.16 bits per heavy atom. The van der Waals surface area contributed by atoms with Gasteiger partial charge in [0.05, 0.1) is 5.69 Å². The summed E-state index contributed by atoms with van der Waals surface area (Å²) in [5, 5.41) is 0. The SMILES string of the molecule is CC(C)(N)c1cc(-c2ccc(F)cc2F)[nH]c(=O)c1. The molecule has 1 aromatic carbocycles. The van der Waals surface area contributed by atoms with Crippen LogP contribution in [0.25, 0.3) is 11.3 Å². The van der Waals surface area contributed by atoms with Gasteiger partial charge in [-0.3, -0.25) is 4.79 Å². The van der Waals surface area contributed by atoms with Crippen LogP contribution in [0, 0.1) is 11.6 Å². The van der Waals surface area contributed by atoms with Crippen LogP contribution in [0.5, 0.6) is 0 Å². The Morgan fingerprint density at radius 3 is 2.42 bits per heavy atom. The Labute approximate surface area is 109 Å². The lowest BCUT2D eigenvalue weighted by Crippen LogP contribution is -2.30. The maximum Gasteiger partial charge on any atom is 0.248 e. The molecule has 3 N–H and O–H groups in total. The molecule has 0 aliphatic carbocycles. The molecule has 0 unspecified atom stereocenters. The Balaban J connectivity index is 2.63. The first-order chi connectivity index (χ1) is 8.77. The van der Waals surface area contributed by atoms with Gasteiger partial charge in [-0.25, -0.2) is 8.78 Å². The standard InChI is InChI=1S/C14H14F2N2O/c1-14(2,17)8-5-12(18-13(19)6-8)10-4-3-9(15)7-11(10)16/h3-7H,17H2,1-2H3,(H,18,19). The highest BCUT2D eigenvalue weighted by molar-refractivity contribution is 5.60. The molecule has 0 saturated carbocycles. The molecule has 19 heavy (non-hydrogen) atoms. The number of pyridine rings is 1. The molecule has 0 amide bonds. The molecule has 0 aliphatic rings. The smallest absolute Gasteiger partial charge is 0.248 e. The van der Waals surface area contributed by atoms with Crippen LogP contribution in [0.4, 0.5) is 8.78 Å². The van der Waals surface area contributed by atoms with Crippen LogP contribution in [0.2, 0.25) is 0 Å². The maximum absolute atomic E-state index is 13.7.